The minimum atomic E-state index is -0.845. The molecular weight excluding hydrogens is 391 g/mol. The summed E-state index contributed by atoms with van der Waals surface area (Å²) in [5.74, 6) is 0. The van der Waals surface area contributed by atoms with Crippen molar-refractivity contribution in [1.82, 2.24) is 0 Å². The quantitative estimate of drug-likeness (QED) is 0.416. The van der Waals surface area contributed by atoms with E-state index >= 15 is 0 Å². The van der Waals surface area contributed by atoms with Crippen molar-refractivity contribution >= 4 is 16.1 Å². The predicted octanol–water partition coefficient (Wildman–Crippen LogP) is -0.600. The van der Waals surface area contributed by atoms with Gasteiger partial charge in [-0.05, 0) is 0 Å². The molecule has 4 aliphatic rings. The van der Waals surface area contributed by atoms with Crippen LogP contribution < -0.4 is 24.8 Å². The number of halogens is 2. The normalized spacial score (nSPS) is 24.3. The summed E-state index contributed by atoms with van der Waals surface area (Å²) in [5, 5.41) is 3.22. The molecule has 23 heavy (non-hydrogen) atoms. The fourth-order valence-electron chi connectivity index (χ4n) is 3.59. The Kier molecular flexibility index (Phi) is 10.3. The van der Waals surface area contributed by atoms with Crippen molar-refractivity contribution in [1.29, 1.82) is 0 Å². The van der Waals surface area contributed by atoms with Gasteiger partial charge in [0.2, 0.25) is 0 Å². The first-order chi connectivity index (χ1) is 9.62. The van der Waals surface area contributed by atoms with E-state index in [0.29, 0.717) is 0 Å². The van der Waals surface area contributed by atoms with E-state index in [0.717, 1.165) is 12.8 Å². The zero-order valence-corrected chi connectivity index (χ0v) is 19.3. The number of hydrogen-bond acceptors (Lipinski definition) is 0. The SMILES string of the molecule is C[Si]1(C2=[C-]CC=C2)CCC1.C[Si]1(C2=[C-]CC=C2)CCC1.[Cl-].[Cl-].[Ti+4]. The Morgan fingerprint density at radius 1 is 0.739 bits per heavy atom. The van der Waals surface area contributed by atoms with E-state index in [4.69, 9.17) is 0 Å². The van der Waals surface area contributed by atoms with Crippen molar-refractivity contribution in [2.45, 2.75) is 63.0 Å². The summed E-state index contributed by atoms with van der Waals surface area (Å²) in [6, 6.07) is 6.05. The van der Waals surface area contributed by atoms with Gasteiger partial charge in [-0.1, -0.05) is 50.1 Å². The molecule has 0 spiro atoms. The largest absolute Gasteiger partial charge is 4.00 e. The molecule has 4 rings (SSSR count). The molecule has 0 unspecified atom stereocenters. The molecule has 2 heterocycles. The van der Waals surface area contributed by atoms with Gasteiger partial charge in [0.1, 0.15) is 0 Å². The molecule has 0 saturated carbocycles. The average molecular weight is 417 g/mol. The summed E-state index contributed by atoms with van der Waals surface area (Å²) in [6.07, 6.45) is 21.1. The molecule has 0 N–H and O–H groups in total. The Balaban J connectivity index is 0.000000372. The Hall–Kier alpha value is 0.688. The minimum absolute atomic E-state index is 0. The van der Waals surface area contributed by atoms with Crippen molar-refractivity contribution in [3.05, 3.63) is 46.8 Å². The Morgan fingerprint density at radius 2 is 1.09 bits per heavy atom. The molecule has 124 valence electrons. The Morgan fingerprint density at radius 3 is 1.26 bits per heavy atom. The second kappa shape index (κ2) is 9.99. The van der Waals surface area contributed by atoms with E-state index in [9.17, 15) is 0 Å². The third-order valence-electron chi connectivity index (χ3n) is 5.60. The number of hydrogen-bond donors (Lipinski definition) is 0. The van der Waals surface area contributed by atoms with E-state index < -0.39 is 16.1 Å². The molecule has 2 saturated heterocycles. The smallest absolute Gasteiger partial charge is 1.00 e. The third-order valence-corrected chi connectivity index (χ3v) is 14.7. The van der Waals surface area contributed by atoms with Gasteiger partial charge in [-0.25, -0.2) is 22.5 Å². The molecule has 0 bridgehead atoms. The van der Waals surface area contributed by atoms with Gasteiger partial charge < -0.3 is 24.8 Å². The van der Waals surface area contributed by atoms with E-state index in [2.05, 4.69) is 49.6 Å². The van der Waals surface area contributed by atoms with Gasteiger partial charge in [-0.15, -0.1) is 12.8 Å². The number of rotatable bonds is 2. The summed E-state index contributed by atoms with van der Waals surface area (Å²) in [5.41, 5.74) is 0. The van der Waals surface area contributed by atoms with Crippen molar-refractivity contribution < 1.29 is 46.5 Å². The van der Waals surface area contributed by atoms with E-state index in [1.54, 1.807) is 10.4 Å². The topological polar surface area (TPSA) is 0 Å². The van der Waals surface area contributed by atoms with Crippen LogP contribution in [0.4, 0.5) is 0 Å². The molecule has 0 amide bonds. The third kappa shape index (κ3) is 5.33. The molecule has 2 aliphatic carbocycles. The van der Waals surface area contributed by atoms with Crippen LogP contribution in [0.2, 0.25) is 37.3 Å². The van der Waals surface area contributed by atoms with Crippen molar-refractivity contribution in [3.63, 3.8) is 0 Å². The van der Waals surface area contributed by atoms with Crippen LogP contribution >= 0.6 is 0 Å². The molecule has 0 radical (unpaired) electrons. The molecule has 5 heteroatoms. The van der Waals surface area contributed by atoms with Gasteiger partial charge in [-0.3, -0.25) is 12.2 Å². The van der Waals surface area contributed by atoms with Crippen LogP contribution in [0.3, 0.4) is 0 Å². The van der Waals surface area contributed by atoms with Crippen LogP contribution in [0.5, 0.6) is 0 Å². The zero-order chi connectivity index (χ0) is 14.1. The minimum Gasteiger partial charge on any atom is -1.00 e. The standard InChI is InChI=1S/2C9H13Si.2ClH.Ti/c2*1-10(7-4-8-10)9-5-2-3-6-9;;;/h2*2,5H,3-4,7-8H2,1H3;2*1H;/q2*-1;;;+4/p-2. The number of allylic oxidation sites excluding steroid dienone is 8. The van der Waals surface area contributed by atoms with Gasteiger partial charge in [0.15, 0.2) is 0 Å². The zero-order valence-electron chi connectivity index (χ0n) is 14.2. The van der Waals surface area contributed by atoms with Crippen LogP contribution in [0.1, 0.15) is 25.7 Å². The molecule has 2 fully saturated rings. The van der Waals surface area contributed by atoms with E-state index in [1.807, 2.05) is 0 Å². The summed E-state index contributed by atoms with van der Waals surface area (Å²) in [7, 11) is -1.69. The molecule has 0 atom stereocenters. The Labute approximate surface area is 171 Å². The van der Waals surface area contributed by atoms with Gasteiger partial charge in [0.25, 0.3) is 0 Å². The van der Waals surface area contributed by atoms with Crippen LogP contribution in [0.25, 0.3) is 0 Å². The molecular formula is C18H26Cl2Si2Ti. The Bertz CT molecular complexity index is 455. The van der Waals surface area contributed by atoms with Gasteiger partial charge >= 0.3 is 21.7 Å². The van der Waals surface area contributed by atoms with Crippen LogP contribution in [-0.2, 0) is 21.7 Å². The molecule has 0 nitrogen and oxygen atoms in total. The van der Waals surface area contributed by atoms with Gasteiger partial charge in [0.05, 0.1) is 0 Å². The maximum absolute atomic E-state index is 3.47. The summed E-state index contributed by atoms with van der Waals surface area (Å²) < 4.78 is 0. The molecule has 0 aromatic carbocycles. The average Bonchev–Trinajstić information content (AvgIpc) is 3.06. The van der Waals surface area contributed by atoms with Gasteiger partial charge in [-0.2, -0.15) is 12.2 Å². The molecule has 0 aromatic rings. The summed E-state index contributed by atoms with van der Waals surface area (Å²) in [4.78, 5) is 0. The first-order valence-electron chi connectivity index (χ1n) is 8.18. The fraction of sp³-hybridized carbons (Fsp3) is 0.556. The van der Waals surface area contributed by atoms with E-state index in [1.165, 1.54) is 37.0 Å². The second-order valence-corrected chi connectivity index (χ2v) is 16.5. The first-order valence-corrected chi connectivity index (χ1v) is 14.0. The summed E-state index contributed by atoms with van der Waals surface area (Å²) >= 11 is 0. The van der Waals surface area contributed by atoms with E-state index in [-0.39, 0.29) is 46.5 Å². The summed E-state index contributed by atoms with van der Waals surface area (Å²) in [6.45, 7) is 4.99. The van der Waals surface area contributed by atoms with Crippen molar-refractivity contribution in [2.24, 2.45) is 0 Å². The molecule has 0 aromatic heterocycles. The fourth-order valence-corrected chi connectivity index (χ4v) is 9.60. The van der Waals surface area contributed by atoms with Crippen LogP contribution in [0, 0.1) is 12.2 Å². The first kappa shape index (κ1) is 23.7. The van der Waals surface area contributed by atoms with Crippen LogP contribution in [-0.4, -0.2) is 16.1 Å². The maximum atomic E-state index is 3.47. The maximum Gasteiger partial charge on any atom is 4.00 e. The monoisotopic (exact) mass is 416 g/mol. The molecule has 2 aliphatic heterocycles. The second-order valence-electron chi connectivity index (χ2n) is 7.22. The van der Waals surface area contributed by atoms with Crippen molar-refractivity contribution in [3.8, 4) is 0 Å². The van der Waals surface area contributed by atoms with Crippen molar-refractivity contribution in [2.75, 3.05) is 0 Å². The van der Waals surface area contributed by atoms with Crippen LogP contribution in [0.15, 0.2) is 34.7 Å². The van der Waals surface area contributed by atoms with Gasteiger partial charge in [0, 0.05) is 16.1 Å². The predicted molar refractivity (Wildman–Crippen MR) is 92.7 cm³/mol.